The number of hydrogen-bond acceptors (Lipinski definition) is 4. The standard InChI is InChI=1S/C20H18FN5OS/c1-25-17(12-16(24-25)14-5-7-15(21)8-6-14)20(27)22-13-18(19-4-2-11-28-19)26-10-3-9-23-26/h2-12,18H,13H2,1H3,(H,22,27). The molecule has 1 unspecified atom stereocenters. The van der Waals surface area contributed by atoms with Crippen LogP contribution in [0.5, 0.6) is 0 Å². The molecule has 0 aliphatic rings. The number of nitrogens with zero attached hydrogens (tertiary/aromatic N) is 4. The molecule has 0 saturated carbocycles. The minimum absolute atomic E-state index is 0.0799. The first-order valence-corrected chi connectivity index (χ1v) is 9.60. The van der Waals surface area contributed by atoms with Crippen LogP contribution in [0.4, 0.5) is 4.39 Å². The van der Waals surface area contributed by atoms with Gasteiger partial charge in [0.15, 0.2) is 0 Å². The summed E-state index contributed by atoms with van der Waals surface area (Å²) < 4.78 is 16.5. The Morgan fingerprint density at radius 2 is 2.07 bits per heavy atom. The van der Waals surface area contributed by atoms with Crippen molar-refractivity contribution in [1.29, 1.82) is 0 Å². The molecule has 4 aromatic rings. The Labute approximate surface area is 165 Å². The fourth-order valence-corrected chi connectivity index (χ4v) is 3.81. The number of halogens is 1. The molecule has 28 heavy (non-hydrogen) atoms. The first-order valence-electron chi connectivity index (χ1n) is 8.72. The number of carbonyl (C=O) groups excluding carboxylic acids is 1. The molecule has 0 radical (unpaired) electrons. The molecule has 0 bridgehead atoms. The minimum atomic E-state index is -0.309. The van der Waals surface area contributed by atoms with E-state index in [-0.39, 0.29) is 17.8 Å². The van der Waals surface area contributed by atoms with Crippen molar-refractivity contribution in [2.75, 3.05) is 6.54 Å². The first kappa shape index (κ1) is 18.1. The van der Waals surface area contributed by atoms with Crippen LogP contribution in [0.15, 0.2) is 66.3 Å². The minimum Gasteiger partial charge on any atom is -0.348 e. The van der Waals surface area contributed by atoms with E-state index in [0.29, 0.717) is 17.9 Å². The van der Waals surface area contributed by atoms with E-state index < -0.39 is 0 Å². The lowest BCUT2D eigenvalue weighted by Gasteiger charge is -2.17. The highest BCUT2D eigenvalue weighted by atomic mass is 32.1. The maximum Gasteiger partial charge on any atom is 0.269 e. The highest BCUT2D eigenvalue weighted by molar-refractivity contribution is 7.10. The molecule has 0 spiro atoms. The molecule has 4 rings (SSSR count). The highest BCUT2D eigenvalue weighted by Crippen LogP contribution is 2.23. The average Bonchev–Trinajstić information content (AvgIpc) is 3.45. The van der Waals surface area contributed by atoms with E-state index in [9.17, 15) is 9.18 Å². The zero-order valence-corrected chi connectivity index (χ0v) is 15.9. The van der Waals surface area contributed by atoms with E-state index in [0.717, 1.165) is 10.4 Å². The number of carbonyl (C=O) groups is 1. The molecule has 0 fully saturated rings. The van der Waals surface area contributed by atoms with Crippen molar-refractivity contribution in [1.82, 2.24) is 24.9 Å². The van der Waals surface area contributed by atoms with Gasteiger partial charge in [0.25, 0.3) is 5.91 Å². The number of nitrogens with one attached hydrogen (secondary N) is 1. The molecule has 142 valence electrons. The van der Waals surface area contributed by atoms with Crippen LogP contribution in [-0.4, -0.2) is 32.0 Å². The van der Waals surface area contributed by atoms with Gasteiger partial charge in [0, 0.05) is 36.4 Å². The maximum absolute atomic E-state index is 13.1. The van der Waals surface area contributed by atoms with E-state index >= 15 is 0 Å². The fraction of sp³-hybridized carbons (Fsp3) is 0.150. The van der Waals surface area contributed by atoms with E-state index in [4.69, 9.17) is 0 Å². The van der Waals surface area contributed by atoms with E-state index in [1.165, 1.54) is 16.8 Å². The van der Waals surface area contributed by atoms with Gasteiger partial charge < -0.3 is 5.32 Å². The third kappa shape index (κ3) is 3.72. The number of amides is 1. The van der Waals surface area contributed by atoms with Crippen LogP contribution in [0, 0.1) is 5.82 Å². The highest BCUT2D eigenvalue weighted by Gasteiger charge is 2.19. The third-order valence-electron chi connectivity index (χ3n) is 4.42. The van der Waals surface area contributed by atoms with E-state index in [1.54, 1.807) is 42.8 Å². The van der Waals surface area contributed by atoms with Gasteiger partial charge in [0.05, 0.1) is 5.69 Å². The normalized spacial score (nSPS) is 12.1. The monoisotopic (exact) mass is 395 g/mol. The largest absolute Gasteiger partial charge is 0.348 e. The molecule has 0 aliphatic carbocycles. The SMILES string of the molecule is Cn1nc(-c2ccc(F)cc2)cc1C(=O)NCC(c1cccs1)n1cccn1. The van der Waals surface area contributed by atoms with Gasteiger partial charge in [-0.25, -0.2) is 4.39 Å². The molecular weight excluding hydrogens is 377 g/mol. The van der Waals surface area contributed by atoms with Crippen molar-refractivity contribution in [2.24, 2.45) is 7.05 Å². The molecular formula is C20H18FN5OS. The van der Waals surface area contributed by atoms with Crippen molar-refractivity contribution >= 4 is 17.2 Å². The van der Waals surface area contributed by atoms with Crippen molar-refractivity contribution in [2.45, 2.75) is 6.04 Å². The summed E-state index contributed by atoms with van der Waals surface area (Å²) in [6, 6.07) is 13.5. The van der Waals surface area contributed by atoms with Crippen molar-refractivity contribution < 1.29 is 9.18 Å². The zero-order chi connectivity index (χ0) is 19.5. The second kappa shape index (κ2) is 7.77. The molecule has 3 heterocycles. The van der Waals surface area contributed by atoms with Crippen LogP contribution >= 0.6 is 11.3 Å². The Morgan fingerprint density at radius 1 is 1.25 bits per heavy atom. The second-order valence-corrected chi connectivity index (χ2v) is 7.25. The van der Waals surface area contributed by atoms with E-state index in [2.05, 4.69) is 15.5 Å². The Bertz CT molecular complexity index is 1020. The second-order valence-electron chi connectivity index (χ2n) is 6.27. The molecule has 1 amide bonds. The molecule has 1 atom stereocenters. The number of aryl methyl sites for hydroxylation is 1. The predicted octanol–water partition coefficient (Wildman–Crippen LogP) is 3.50. The number of benzene rings is 1. The molecule has 8 heteroatoms. The Kier molecular flexibility index (Phi) is 5.03. The summed E-state index contributed by atoms with van der Waals surface area (Å²) >= 11 is 1.62. The number of thiophene rings is 1. The van der Waals surface area contributed by atoms with Gasteiger partial charge in [0.2, 0.25) is 0 Å². The van der Waals surface area contributed by atoms with Gasteiger partial charge in [-0.2, -0.15) is 10.2 Å². The van der Waals surface area contributed by atoms with Crippen LogP contribution < -0.4 is 5.32 Å². The number of aromatic nitrogens is 4. The average molecular weight is 395 g/mol. The lowest BCUT2D eigenvalue weighted by Crippen LogP contribution is -2.32. The molecule has 1 N–H and O–H groups in total. The number of hydrogen-bond donors (Lipinski definition) is 1. The molecule has 0 saturated heterocycles. The van der Waals surface area contributed by atoms with Gasteiger partial charge in [-0.15, -0.1) is 11.3 Å². The summed E-state index contributed by atoms with van der Waals surface area (Å²) in [5.74, 6) is -0.534. The summed E-state index contributed by atoms with van der Waals surface area (Å²) in [5.41, 5.74) is 1.81. The van der Waals surface area contributed by atoms with Crippen LogP contribution in [0.25, 0.3) is 11.3 Å². The van der Waals surface area contributed by atoms with Crippen molar-refractivity contribution in [3.8, 4) is 11.3 Å². The Morgan fingerprint density at radius 3 is 2.75 bits per heavy atom. The van der Waals surface area contributed by atoms with Gasteiger partial charge in [-0.1, -0.05) is 6.07 Å². The van der Waals surface area contributed by atoms with Crippen LogP contribution in [0.1, 0.15) is 21.4 Å². The zero-order valence-electron chi connectivity index (χ0n) is 15.1. The lowest BCUT2D eigenvalue weighted by molar-refractivity contribution is 0.0940. The van der Waals surface area contributed by atoms with Gasteiger partial charge in [0.1, 0.15) is 17.6 Å². The van der Waals surface area contributed by atoms with Crippen LogP contribution in [-0.2, 0) is 7.05 Å². The molecule has 6 nitrogen and oxygen atoms in total. The van der Waals surface area contributed by atoms with Gasteiger partial charge in [-0.3, -0.25) is 14.2 Å². The summed E-state index contributed by atoms with van der Waals surface area (Å²) in [6.45, 7) is 0.401. The molecule has 3 aromatic heterocycles. The predicted molar refractivity (Wildman–Crippen MR) is 106 cm³/mol. The third-order valence-corrected chi connectivity index (χ3v) is 5.40. The fourth-order valence-electron chi connectivity index (χ4n) is 2.99. The summed E-state index contributed by atoms with van der Waals surface area (Å²) in [4.78, 5) is 13.9. The summed E-state index contributed by atoms with van der Waals surface area (Å²) in [7, 11) is 1.71. The van der Waals surface area contributed by atoms with Crippen LogP contribution in [0.2, 0.25) is 0 Å². The van der Waals surface area contributed by atoms with Crippen LogP contribution in [0.3, 0.4) is 0 Å². The summed E-state index contributed by atoms with van der Waals surface area (Å²) in [5, 5.41) is 13.7. The summed E-state index contributed by atoms with van der Waals surface area (Å²) in [6.07, 6.45) is 3.60. The molecule has 0 aliphatic heterocycles. The maximum atomic E-state index is 13.1. The topological polar surface area (TPSA) is 64.7 Å². The Hall–Kier alpha value is -3.26. The van der Waals surface area contributed by atoms with Gasteiger partial charge >= 0.3 is 0 Å². The lowest BCUT2D eigenvalue weighted by atomic mass is 10.1. The Balaban J connectivity index is 1.51. The molecule has 1 aromatic carbocycles. The van der Waals surface area contributed by atoms with Crippen molar-refractivity contribution in [3.63, 3.8) is 0 Å². The van der Waals surface area contributed by atoms with Crippen molar-refractivity contribution in [3.05, 3.63) is 82.7 Å². The quantitative estimate of drug-likeness (QED) is 0.543. The first-order chi connectivity index (χ1) is 13.6. The van der Waals surface area contributed by atoms with E-state index in [1.807, 2.05) is 34.5 Å². The number of rotatable bonds is 6. The smallest absolute Gasteiger partial charge is 0.269 e. The van der Waals surface area contributed by atoms with Gasteiger partial charge in [-0.05, 0) is 47.8 Å².